The van der Waals surface area contributed by atoms with E-state index in [0.717, 1.165) is 12.8 Å². The van der Waals surface area contributed by atoms with Gasteiger partial charge in [0, 0.05) is 18.4 Å². The first-order valence-corrected chi connectivity index (χ1v) is 6.44. The largest absolute Gasteiger partial charge is 0.349 e. The van der Waals surface area contributed by atoms with Crippen molar-refractivity contribution in [3.05, 3.63) is 30.2 Å². The molecule has 2 heterocycles. The van der Waals surface area contributed by atoms with Crippen molar-refractivity contribution in [1.29, 1.82) is 0 Å². The van der Waals surface area contributed by atoms with E-state index in [1.54, 1.807) is 29.2 Å². The van der Waals surface area contributed by atoms with E-state index in [1.165, 1.54) is 19.3 Å². The predicted molar refractivity (Wildman–Crippen MR) is 67.3 cm³/mol. The highest BCUT2D eigenvalue weighted by Crippen LogP contribution is 2.18. The van der Waals surface area contributed by atoms with Crippen molar-refractivity contribution in [1.82, 2.24) is 19.9 Å². The SMILES string of the molecule is O=C(NC1CCCCC1)c1cnn2cccnc12. The summed E-state index contributed by atoms with van der Waals surface area (Å²) in [5.74, 6) is -0.0596. The third-order valence-electron chi connectivity index (χ3n) is 3.46. The fourth-order valence-electron chi connectivity index (χ4n) is 2.50. The average Bonchev–Trinajstić information content (AvgIpc) is 2.84. The molecule has 94 valence electrons. The number of fused-ring (bicyclic) bond motifs is 1. The maximum Gasteiger partial charge on any atom is 0.256 e. The molecule has 0 saturated heterocycles. The summed E-state index contributed by atoms with van der Waals surface area (Å²) >= 11 is 0. The molecule has 0 spiro atoms. The summed E-state index contributed by atoms with van der Waals surface area (Å²) < 4.78 is 1.62. The molecule has 0 aliphatic heterocycles. The summed E-state index contributed by atoms with van der Waals surface area (Å²) in [6.45, 7) is 0. The van der Waals surface area contributed by atoms with Crippen LogP contribution in [-0.4, -0.2) is 26.5 Å². The van der Waals surface area contributed by atoms with Gasteiger partial charge in [-0.2, -0.15) is 5.10 Å². The fraction of sp³-hybridized carbons (Fsp3) is 0.462. The Hall–Kier alpha value is -1.91. The van der Waals surface area contributed by atoms with Gasteiger partial charge in [0.05, 0.1) is 6.20 Å². The van der Waals surface area contributed by atoms with Gasteiger partial charge in [0.1, 0.15) is 5.56 Å². The quantitative estimate of drug-likeness (QED) is 0.876. The van der Waals surface area contributed by atoms with Crippen molar-refractivity contribution in [3.63, 3.8) is 0 Å². The maximum atomic E-state index is 12.2. The number of nitrogens with zero attached hydrogens (tertiary/aromatic N) is 3. The van der Waals surface area contributed by atoms with Crippen LogP contribution in [-0.2, 0) is 0 Å². The van der Waals surface area contributed by atoms with Crippen LogP contribution in [0.15, 0.2) is 24.7 Å². The minimum absolute atomic E-state index is 0.0596. The van der Waals surface area contributed by atoms with Crippen molar-refractivity contribution in [3.8, 4) is 0 Å². The predicted octanol–water partition coefficient (Wildman–Crippen LogP) is 1.79. The van der Waals surface area contributed by atoms with E-state index in [-0.39, 0.29) is 5.91 Å². The van der Waals surface area contributed by atoms with Crippen LogP contribution in [0.3, 0.4) is 0 Å². The molecule has 1 saturated carbocycles. The lowest BCUT2D eigenvalue weighted by Gasteiger charge is -2.22. The molecule has 2 aromatic heterocycles. The first-order chi connectivity index (χ1) is 8.84. The number of carbonyl (C=O) groups excluding carboxylic acids is 1. The van der Waals surface area contributed by atoms with E-state index in [2.05, 4.69) is 15.4 Å². The van der Waals surface area contributed by atoms with E-state index < -0.39 is 0 Å². The van der Waals surface area contributed by atoms with Gasteiger partial charge in [0.25, 0.3) is 5.91 Å². The van der Waals surface area contributed by atoms with Gasteiger partial charge in [-0.15, -0.1) is 0 Å². The molecule has 5 heteroatoms. The topological polar surface area (TPSA) is 59.3 Å². The van der Waals surface area contributed by atoms with E-state index in [0.29, 0.717) is 17.3 Å². The smallest absolute Gasteiger partial charge is 0.256 e. The molecule has 3 rings (SSSR count). The summed E-state index contributed by atoms with van der Waals surface area (Å²) in [5, 5.41) is 7.21. The Labute approximate surface area is 105 Å². The summed E-state index contributed by atoms with van der Waals surface area (Å²) in [7, 11) is 0. The maximum absolute atomic E-state index is 12.2. The van der Waals surface area contributed by atoms with Crippen LogP contribution in [0.1, 0.15) is 42.5 Å². The second kappa shape index (κ2) is 4.76. The monoisotopic (exact) mass is 244 g/mol. The molecule has 1 N–H and O–H groups in total. The van der Waals surface area contributed by atoms with Crippen molar-refractivity contribution in [2.24, 2.45) is 0 Å². The molecule has 0 aromatic carbocycles. The minimum atomic E-state index is -0.0596. The van der Waals surface area contributed by atoms with Gasteiger partial charge in [0.2, 0.25) is 0 Å². The Morgan fingerprint density at radius 2 is 2.17 bits per heavy atom. The van der Waals surface area contributed by atoms with Crippen molar-refractivity contribution in [2.75, 3.05) is 0 Å². The number of nitrogens with one attached hydrogen (secondary N) is 1. The van der Waals surface area contributed by atoms with Crippen LogP contribution in [0.2, 0.25) is 0 Å². The summed E-state index contributed by atoms with van der Waals surface area (Å²) in [4.78, 5) is 16.4. The second-order valence-electron chi connectivity index (χ2n) is 4.75. The lowest BCUT2D eigenvalue weighted by molar-refractivity contribution is 0.0929. The Morgan fingerprint density at radius 3 is 3.00 bits per heavy atom. The third kappa shape index (κ3) is 2.08. The highest BCUT2D eigenvalue weighted by atomic mass is 16.1. The number of aromatic nitrogens is 3. The van der Waals surface area contributed by atoms with Crippen LogP contribution in [0.25, 0.3) is 5.65 Å². The van der Waals surface area contributed by atoms with Crippen LogP contribution in [0.5, 0.6) is 0 Å². The van der Waals surface area contributed by atoms with E-state index in [1.807, 2.05) is 0 Å². The summed E-state index contributed by atoms with van der Waals surface area (Å²) in [6, 6.07) is 2.10. The van der Waals surface area contributed by atoms with Gasteiger partial charge in [-0.05, 0) is 18.9 Å². The molecule has 0 bridgehead atoms. The number of rotatable bonds is 2. The zero-order chi connectivity index (χ0) is 12.4. The van der Waals surface area contributed by atoms with E-state index >= 15 is 0 Å². The zero-order valence-electron chi connectivity index (χ0n) is 10.2. The summed E-state index contributed by atoms with van der Waals surface area (Å²) in [5.41, 5.74) is 1.17. The first kappa shape index (κ1) is 11.2. The lowest BCUT2D eigenvalue weighted by atomic mass is 9.95. The highest BCUT2D eigenvalue weighted by Gasteiger charge is 2.19. The number of amides is 1. The Kier molecular flexibility index (Phi) is 2.96. The molecule has 2 aromatic rings. The molecule has 1 aliphatic rings. The Balaban J connectivity index is 1.79. The molecule has 5 nitrogen and oxygen atoms in total. The van der Waals surface area contributed by atoms with Crippen LogP contribution >= 0.6 is 0 Å². The van der Waals surface area contributed by atoms with E-state index in [4.69, 9.17) is 0 Å². The first-order valence-electron chi connectivity index (χ1n) is 6.44. The minimum Gasteiger partial charge on any atom is -0.349 e. The van der Waals surface area contributed by atoms with Gasteiger partial charge in [0.15, 0.2) is 5.65 Å². The molecule has 0 atom stereocenters. The normalized spacial score (nSPS) is 16.9. The summed E-state index contributed by atoms with van der Waals surface area (Å²) in [6.07, 6.45) is 10.9. The number of hydrogen-bond acceptors (Lipinski definition) is 3. The number of hydrogen-bond donors (Lipinski definition) is 1. The molecule has 18 heavy (non-hydrogen) atoms. The average molecular weight is 244 g/mol. The van der Waals surface area contributed by atoms with Crippen LogP contribution < -0.4 is 5.32 Å². The molecule has 0 radical (unpaired) electrons. The Morgan fingerprint density at radius 1 is 1.33 bits per heavy atom. The van der Waals surface area contributed by atoms with Crippen LogP contribution in [0.4, 0.5) is 0 Å². The van der Waals surface area contributed by atoms with Gasteiger partial charge in [-0.25, -0.2) is 9.50 Å². The van der Waals surface area contributed by atoms with Crippen molar-refractivity contribution < 1.29 is 4.79 Å². The molecule has 1 fully saturated rings. The molecular weight excluding hydrogens is 228 g/mol. The fourth-order valence-corrected chi connectivity index (χ4v) is 2.50. The van der Waals surface area contributed by atoms with Gasteiger partial charge < -0.3 is 5.32 Å². The molecule has 1 amide bonds. The van der Waals surface area contributed by atoms with Crippen molar-refractivity contribution >= 4 is 11.6 Å². The highest BCUT2D eigenvalue weighted by molar-refractivity contribution is 5.99. The van der Waals surface area contributed by atoms with Gasteiger partial charge in [-0.1, -0.05) is 19.3 Å². The van der Waals surface area contributed by atoms with Crippen LogP contribution in [0, 0.1) is 0 Å². The molecule has 0 unspecified atom stereocenters. The lowest BCUT2D eigenvalue weighted by Crippen LogP contribution is -2.36. The second-order valence-corrected chi connectivity index (χ2v) is 4.75. The van der Waals surface area contributed by atoms with Gasteiger partial charge in [-0.3, -0.25) is 4.79 Å². The molecular formula is C13H16N4O. The third-order valence-corrected chi connectivity index (χ3v) is 3.46. The van der Waals surface area contributed by atoms with E-state index in [9.17, 15) is 4.79 Å². The number of carbonyl (C=O) groups is 1. The van der Waals surface area contributed by atoms with Gasteiger partial charge >= 0.3 is 0 Å². The van der Waals surface area contributed by atoms with Crippen molar-refractivity contribution in [2.45, 2.75) is 38.1 Å². The molecule has 1 aliphatic carbocycles. The standard InChI is InChI=1S/C13H16N4O/c18-13(16-10-5-2-1-3-6-10)11-9-15-17-8-4-7-14-12(11)17/h4,7-10H,1-3,5-6H2,(H,16,18). The Bertz CT molecular complexity index is 557. The zero-order valence-corrected chi connectivity index (χ0v) is 10.2.